The molecule has 58 heavy (non-hydrogen) atoms. The third-order valence-corrected chi connectivity index (χ3v) is 12.1. The minimum absolute atomic E-state index is 0.133. The molecule has 0 saturated heterocycles. The van der Waals surface area contributed by atoms with E-state index in [0.29, 0.717) is 0 Å². The van der Waals surface area contributed by atoms with Crippen LogP contribution in [0.25, 0.3) is 66.1 Å². The van der Waals surface area contributed by atoms with Crippen LogP contribution in [0.4, 0.5) is 17.1 Å². The lowest BCUT2D eigenvalue weighted by atomic mass is 9.82. The number of rotatable bonds is 8. The first kappa shape index (κ1) is 35.3. The minimum atomic E-state index is -0.133. The number of anilines is 3. The summed E-state index contributed by atoms with van der Waals surface area (Å²) in [5.74, 6) is 0. The van der Waals surface area contributed by atoms with Gasteiger partial charge in [-0.3, -0.25) is 0 Å². The molecule has 0 fully saturated rings. The maximum atomic E-state index is 3.99. The van der Waals surface area contributed by atoms with E-state index in [4.69, 9.17) is 0 Å². The van der Waals surface area contributed by atoms with Crippen LogP contribution < -0.4 is 4.90 Å². The maximum Gasteiger partial charge on any atom is 0.0546 e. The fourth-order valence-electron chi connectivity index (χ4n) is 9.33. The first-order valence-electron chi connectivity index (χ1n) is 20.2. The summed E-state index contributed by atoms with van der Waals surface area (Å²) in [6.45, 7) is 10.8. The van der Waals surface area contributed by atoms with Gasteiger partial charge >= 0.3 is 0 Å². The van der Waals surface area contributed by atoms with Crippen molar-refractivity contribution in [2.75, 3.05) is 4.90 Å². The molecule has 1 aromatic heterocycles. The normalized spacial score (nSPS) is 13.3. The van der Waals surface area contributed by atoms with Crippen LogP contribution in [0, 0.1) is 0 Å². The maximum absolute atomic E-state index is 3.99. The van der Waals surface area contributed by atoms with Crippen LogP contribution in [-0.2, 0) is 5.41 Å². The van der Waals surface area contributed by atoms with Crippen molar-refractivity contribution in [3.63, 3.8) is 0 Å². The van der Waals surface area contributed by atoms with Crippen molar-refractivity contribution < 1.29 is 0 Å². The standard InChI is InChI=1S/C56H44N2/c1-5-7-17-38(6-2)55-45-21-9-8-18-40(45)30-35-54(55)57(44-33-34-47-46-22-10-13-25-50(46)56(3,4)51(47)37-44)42-31-28-39(29-32-42)41-19-16-20-43(36-41)58-52-26-14-11-23-48(52)49-24-12-15-27-53(49)58/h5-37H,1H2,2-4H3/b17-7-,38-6+. The number of hydrogen-bond acceptors (Lipinski definition) is 1. The zero-order chi connectivity index (χ0) is 39.4. The van der Waals surface area contributed by atoms with E-state index >= 15 is 0 Å². The second-order valence-corrected chi connectivity index (χ2v) is 15.7. The van der Waals surface area contributed by atoms with Gasteiger partial charge < -0.3 is 9.47 Å². The van der Waals surface area contributed by atoms with E-state index in [-0.39, 0.29) is 5.41 Å². The topological polar surface area (TPSA) is 8.17 Å². The van der Waals surface area contributed by atoms with E-state index < -0.39 is 0 Å². The van der Waals surface area contributed by atoms with Crippen LogP contribution in [0.5, 0.6) is 0 Å². The van der Waals surface area contributed by atoms with Crippen molar-refractivity contribution in [3.05, 3.63) is 223 Å². The summed E-state index contributed by atoms with van der Waals surface area (Å²) < 4.78 is 2.39. The molecule has 0 N–H and O–H groups in total. The Balaban J connectivity index is 1.14. The molecule has 0 amide bonds. The van der Waals surface area contributed by atoms with E-state index in [1.165, 1.54) is 71.5 Å². The van der Waals surface area contributed by atoms with Gasteiger partial charge in [0.25, 0.3) is 0 Å². The van der Waals surface area contributed by atoms with Crippen molar-refractivity contribution >= 4 is 55.2 Å². The van der Waals surface area contributed by atoms with Gasteiger partial charge in [-0.2, -0.15) is 0 Å². The average Bonchev–Trinajstić information content (AvgIpc) is 3.73. The Morgan fingerprint density at radius 3 is 1.97 bits per heavy atom. The van der Waals surface area contributed by atoms with Crippen LogP contribution in [0.3, 0.4) is 0 Å². The van der Waals surface area contributed by atoms with Gasteiger partial charge in [0, 0.05) is 38.8 Å². The molecule has 0 saturated carbocycles. The summed E-state index contributed by atoms with van der Waals surface area (Å²) in [6.07, 6.45) is 8.26. The molecule has 2 nitrogen and oxygen atoms in total. The third-order valence-electron chi connectivity index (χ3n) is 12.1. The van der Waals surface area contributed by atoms with Gasteiger partial charge in [-0.1, -0.05) is 166 Å². The lowest BCUT2D eigenvalue weighted by Crippen LogP contribution is -2.17. The molecular formula is C56H44N2. The second-order valence-electron chi connectivity index (χ2n) is 15.7. The van der Waals surface area contributed by atoms with Gasteiger partial charge in [-0.15, -0.1) is 0 Å². The second kappa shape index (κ2) is 14.1. The van der Waals surface area contributed by atoms with Crippen molar-refractivity contribution in [2.24, 2.45) is 0 Å². The molecule has 0 aliphatic heterocycles. The fraction of sp³-hybridized carbons (Fsp3) is 0.0714. The highest BCUT2D eigenvalue weighted by molar-refractivity contribution is 6.09. The minimum Gasteiger partial charge on any atom is -0.310 e. The van der Waals surface area contributed by atoms with Crippen molar-refractivity contribution in [1.82, 2.24) is 4.57 Å². The molecular weight excluding hydrogens is 701 g/mol. The Kier molecular flexibility index (Phi) is 8.57. The predicted molar refractivity (Wildman–Crippen MR) is 249 cm³/mol. The first-order valence-corrected chi connectivity index (χ1v) is 20.2. The van der Waals surface area contributed by atoms with Crippen LogP contribution in [-0.4, -0.2) is 4.57 Å². The van der Waals surface area contributed by atoms with Gasteiger partial charge in [0.1, 0.15) is 0 Å². The fourth-order valence-corrected chi connectivity index (χ4v) is 9.33. The van der Waals surface area contributed by atoms with E-state index in [0.717, 1.165) is 28.3 Å². The highest BCUT2D eigenvalue weighted by Gasteiger charge is 2.36. The smallest absolute Gasteiger partial charge is 0.0546 e. The molecule has 0 unspecified atom stereocenters. The molecule has 9 aromatic rings. The van der Waals surface area contributed by atoms with Crippen LogP contribution in [0.15, 0.2) is 207 Å². The van der Waals surface area contributed by atoms with Crippen molar-refractivity contribution in [2.45, 2.75) is 26.2 Å². The molecule has 8 aromatic carbocycles. The zero-order valence-electron chi connectivity index (χ0n) is 33.2. The van der Waals surface area contributed by atoms with E-state index in [1.807, 2.05) is 12.2 Å². The van der Waals surface area contributed by atoms with E-state index in [2.05, 4.69) is 225 Å². The zero-order valence-corrected chi connectivity index (χ0v) is 33.2. The Morgan fingerprint density at radius 1 is 0.569 bits per heavy atom. The summed E-state index contributed by atoms with van der Waals surface area (Å²) in [4.78, 5) is 2.45. The molecule has 0 bridgehead atoms. The number of allylic oxidation sites excluding steroid dienone is 5. The largest absolute Gasteiger partial charge is 0.310 e. The number of aromatic nitrogens is 1. The van der Waals surface area contributed by atoms with Crippen LogP contribution in [0.2, 0.25) is 0 Å². The number of nitrogens with zero attached hydrogens (tertiary/aromatic N) is 2. The Bertz CT molecular complexity index is 3060. The van der Waals surface area contributed by atoms with Crippen LogP contribution in [0.1, 0.15) is 37.5 Å². The Hall–Kier alpha value is -7.16. The number of para-hydroxylation sites is 2. The first-order chi connectivity index (χ1) is 28.5. The van der Waals surface area contributed by atoms with Crippen LogP contribution >= 0.6 is 0 Å². The van der Waals surface area contributed by atoms with Gasteiger partial charge in [-0.25, -0.2) is 0 Å². The Labute approximate surface area is 341 Å². The van der Waals surface area contributed by atoms with Crippen molar-refractivity contribution in [1.29, 1.82) is 0 Å². The average molecular weight is 745 g/mol. The molecule has 278 valence electrons. The summed E-state index contributed by atoms with van der Waals surface area (Å²) >= 11 is 0. The SMILES string of the molecule is C=C/C=C\C(=C/C)c1c(N(c2ccc(-c3cccc(-n4c5ccccc5c5ccccc54)c3)cc2)c2ccc3c(c2)C(C)(C)c2ccccc2-3)ccc2ccccc12. The molecule has 1 heterocycles. The lowest BCUT2D eigenvalue weighted by molar-refractivity contribution is 0.660. The quantitative estimate of drug-likeness (QED) is 0.141. The van der Waals surface area contributed by atoms with Crippen molar-refractivity contribution in [3.8, 4) is 27.9 Å². The molecule has 0 spiro atoms. The highest BCUT2D eigenvalue weighted by atomic mass is 15.1. The number of hydrogen-bond donors (Lipinski definition) is 0. The summed E-state index contributed by atoms with van der Waals surface area (Å²) in [5.41, 5.74) is 16.8. The van der Waals surface area contributed by atoms with E-state index in [1.54, 1.807) is 0 Å². The highest BCUT2D eigenvalue weighted by Crippen LogP contribution is 2.51. The molecule has 1 aliphatic rings. The molecule has 2 heteroatoms. The summed E-state index contributed by atoms with van der Waals surface area (Å²) in [7, 11) is 0. The number of fused-ring (bicyclic) bond motifs is 7. The molecule has 0 radical (unpaired) electrons. The Morgan fingerprint density at radius 2 is 1.22 bits per heavy atom. The van der Waals surface area contributed by atoms with Gasteiger partial charge in [-0.05, 0) is 111 Å². The lowest BCUT2D eigenvalue weighted by Gasteiger charge is -2.30. The predicted octanol–water partition coefficient (Wildman–Crippen LogP) is 15.5. The summed E-state index contributed by atoms with van der Waals surface area (Å²) in [5, 5.41) is 4.94. The summed E-state index contributed by atoms with van der Waals surface area (Å²) in [6, 6.07) is 64.6. The number of benzene rings is 8. The van der Waals surface area contributed by atoms with Gasteiger partial charge in [0.05, 0.1) is 16.7 Å². The van der Waals surface area contributed by atoms with Gasteiger partial charge in [0.2, 0.25) is 0 Å². The molecule has 1 aliphatic carbocycles. The van der Waals surface area contributed by atoms with E-state index in [9.17, 15) is 0 Å². The third kappa shape index (κ3) is 5.64. The van der Waals surface area contributed by atoms with Gasteiger partial charge in [0.15, 0.2) is 0 Å². The molecule has 10 rings (SSSR count). The molecule has 0 atom stereocenters. The monoisotopic (exact) mass is 744 g/mol.